The van der Waals surface area contributed by atoms with Crippen LogP contribution in [-0.2, 0) is 0 Å². The minimum Gasteiger partial charge on any atom is -0.490 e. The molecule has 0 saturated carbocycles. The van der Waals surface area contributed by atoms with Crippen LogP contribution in [0.5, 0.6) is 5.75 Å². The molecule has 0 atom stereocenters. The van der Waals surface area contributed by atoms with E-state index in [0.717, 1.165) is 11.3 Å². The Labute approximate surface area is 115 Å². The van der Waals surface area contributed by atoms with Crippen LogP contribution in [0.2, 0.25) is 0 Å². The van der Waals surface area contributed by atoms with Gasteiger partial charge in [0.2, 0.25) is 0 Å². The molecule has 0 radical (unpaired) electrons. The molecule has 0 aliphatic rings. The van der Waals surface area contributed by atoms with Crippen molar-refractivity contribution in [1.82, 2.24) is 15.2 Å². The molecule has 0 aliphatic heterocycles. The highest BCUT2D eigenvalue weighted by atomic mass is 16.5. The van der Waals surface area contributed by atoms with Crippen molar-refractivity contribution < 1.29 is 4.74 Å². The summed E-state index contributed by atoms with van der Waals surface area (Å²) in [6.07, 6.45) is 3.05. The molecule has 7 nitrogen and oxygen atoms in total. The van der Waals surface area contributed by atoms with E-state index in [2.05, 4.69) is 25.7 Å². The third kappa shape index (κ3) is 3.91. The molecule has 1 heterocycles. The number of aromatic amines is 1. The molecule has 0 amide bonds. The van der Waals surface area contributed by atoms with Crippen molar-refractivity contribution in [1.29, 1.82) is 0 Å². The average molecular weight is 273 g/mol. The molecule has 2 rings (SSSR count). The summed E-state index contributed by atoms with van der Waals surface area (Å²) in [5, 5.41) is 9.80. The van der Waals surface area contributed by atoms with E-state index >= 15 is 0 Å². The monoisotopic (exact) mass is 273 g/mol. The van der Waals surface area contributed by atoms with Crippen molar-refractivity contribution in [2.45, 2.75) is 20.0 Å². The molecule has 20 heavy (non-hydrogen) atoms. The van der Waals surface area contributed by atoms with Crippen LogP contribution in [0, 0.1) is 0 Å². The fraction of sp³-hybridized carbons (Fsp3) is 0.231. The van der Waals surface area contributed by atoms with Gasteiger partial charge in [0.25, 0.3) is 0 Å². The van der Waals surface area contributed by atoms with Gasteiger partial charge in [-0.3, -0.25) is 5.43 Å². The standard InChI is InChI=1S/C13H15N5O2/c1-9(2)20-11-6-4-3-5-10(11)7-14-17-12-8-15-18-13(19)16-12/h3-9H,1-2H3,(H2,16,17,18,19)/b14-7+. The number of nitrogens with zero attached hydrogens (tertiary/aromatic N) is 3. The summed E-state index contributed by atoms with van der Waals surface area (Å²) in [5.74, 6) is 1.01. The summed E-state index contributed by atoms with van der Waals surface area (Å²) in [4.78, 5) is 14.6. The second-order valence-electron chi connectivity index (χ2n) is 4.25. The van der Waals surface area contributed by atoms with Crippen LogP contribution >= 0.6 is 0 Å². The first-order chi connectivity index (χ1) is 9.65. The lowest BCUT2D eigenvalue weighted by atomic mass is 10.2. The Morgan fingerprint density at radius 1 is 1.40 bits per heavy atom. The molecule has 2 N–H and O–H groups in total. The average Bonchev–Trinajstić information content (AvgIpc) is 2.40. The Balaban J connectivity index is 2.09. The molecule has 0 saturated heterocycles. The van der Waals surface area contributed by atoms with Gasteiger partial charge in [-0.15, -0.1) is 0 Å². The van der Waals surface area contributed by atoms with Crippen LogP contribution in [0.25, 0.3) is 0 Å². The maximum absolute atomic E-state index is 11.0. The predicted octanol–water partition coefficient (Wildman–Crippen LogP) is 1.40. The van der Waals surface area contributed by atoms with E-state index in [9.17, 15) is 4.79 Å². The van der Waals surface area contributed by atoms with Gasteiger partial charge in [-0.1, -0.05) is 12.1 Å². The number of rotatable bonds is 5. The fourth-order valence-electron chi connectivity index (χ4n) is 1.48. The number of benzene rings is 1. The predicted molar refractivity (Wildman–Crippen MR) is 76.1 cm³/mol. The first-order valence-electron chi connectivity index (χ1n) is 6.11. The third-order valence-electron chi connectivity index (χ3n) is 2.23. The van der Waals surface area contributed by atoms with Gasteiger partial charge in [-0.05, 0) is 26.0 Å². The van der Waals surface area contributed by atoms with E-state index in [-0.39, 0.29) is 11.9 Å². The van der Waals surface area contributed by atoms with Crippen molar-refractivity contribution in [2.24, 2.45) is 5.10 Å². The van der Waals surface area contributed by atoms with Crippen molar-refractivity contribution in [3.05, 3.63) is 46.5 Å². The molecule has 0 unspecified atom stereocenters. The van der Waals surface area contributed by atoms with E-state index in [1.165, 1.54) is 6.20 Å². The Bertz CT molecular complexity index is 651. The van der Waals surface area contributed by atoms with Gasteiger partial charge in [0, 0.05) is 5.56 Å². The largest absolute Gasteiger partial charge is 0.490 e. The summed E-state index contributed by atoms with van der Waals surface area (Å²) < 4.78 is 5.67. The van der Waals surface area contributed by atoms with Gasteiger partial charge in [0.05, 0.1) is 18.5 Å². The lowest BCUT2D eigenvalue weighted by Gasteiger charge is -2.11. The number of aromatic nitrogens is 3. The Kier molecular flexibility index (Phi) is 4.43. The molecule has 0 spiro atoms. The summed E-state index contributed by atoms with van der Waals surface area (Å²) in [6.45, 7) is 3.91. The minimum atomic E-state index is -0.534. The first kappa shape index (κ1) is 13.7. The van der Waals surface area contributed by atoms with Crippen molar-refractivity contribution in [3.8, 4) is 5.75 Å². The zero-order valence-corrected chi connectivity index (χ0v) is 11.2. The highest BCUT2D eigenvalue weighted by Gasteiger charge is 2.02. The van der Waals surface area contributed by atoms with E-state index < -0.39 is 5.69 Å². The lowest BCUT2D eigenvalue weighted by molar-refractivity contribution is 0.242. The number of hydrogen-bond acceptors (Lipinski definition) is 6. The van der Waals surface area contributed by atoms with E-state index in [4.69, 9.17) is 4.74 Å². The summed E-state index contributed by atoms with van der Waals surface area (Å²) in [7, 11) is 0. The molecule has 0 aliphatic carbocycles. The van der Waals surface area contributed by atoms with Crippen LogP contribution in [-0.4, -0.2) is 27.5 Å². The SMILES string of the molecule is CC(C)Oc1ccccc1/C=N/Nc1cn[nH]c(=O)n1. The Morgan fingerprint density at radius 3 is 2.95 bits per heavy atom. The number of hydrogen-bond donors (Lipinski definition) is 2. The maximum atomic E-state index is 11.0. The van der Waals surface area contributed by atoms with Crippen molar-refractivity contribution >= 4 is 12.0 Å². The molecule has 1 aromatic carbocycles. The molecule has 0 bridgehead atoms. The highest BCUT2D eigenvalue weighted by Crippen LogP contribution is 2.17. The van der Waals surface area contributed by atoms with Crippen LogP contribution in [0.15, 0.2) is 40.4 Å². The van der Waals surface area contributed by atoms with E-state index in [0.29, 0.717) is 0 Å². The molecular formula is C13H15N5O2. The zero-order valence-electron chi connectivity index (χ0n) is 11.2. The van der Waals surface area contributed by atoms with Crippen LogP contribution in [0.3, 0.4) is 0 Å². The minimum absolute atomic E-state index is 0.0797. The maximum Gasteiger partial charge on any atom is 0.363 e. The number of anilines is 1. The molecule has 1 aromatic heterocycles. The smallest absolute Gasteiger partial charge is 0.363 e. The highest BCUT2D eigenvalue weighted by molar-refractivity contribution is 5.83. The van der Waals surface area contributed by atoms with Gasteiger partial charge in [0.15, 0.2) is 5.82 Å². The third-order valence-corrected chi connectivity index (χ3v) is 2.23. The van der Waals surface area contributed by atoms with Crippen molar-refractivity contribution in [3.63, 3.8) is 0 Å². The number of hydrazone groups is 1. The number of nitrogens with one attached hydrogen (secondary N) is 2. The molecule has 2 aromatic rings. The first-order valence-corrected chi connectivity index (χ1v) is 6.11. The van der Waals surface area contributed by atoms with Gasteiger partial charge < -0.3 is 4.74 Å². The van der Waals surface area contributed by atoms with Crippen LogP contribution < -0.4 is 15.9 Å². The van der Waals surface area contributed by atoms with Crippen LogP contribution in [0.4, 0.5) is 5.82 Å². The van der Waals surface area contributed by atoms with Gasteiger partial charge >= 0.3 is 5.69 Å². The second kappa shape index (κ2) is 6.46. The quantitative estimate of drug-likeness (QED) is 0.634. The van der Waals surface area contributed by atoms with Gasteiger partial charge in [-0.2, -0.15) is 15.2 Å². The molecular weight excluding hydrogens is 258 g/mol. The molecule has 0 fully saturated rings. The van der Waals surface area contributed by atoms with Crippen molar-refractivity contribution in [2.75, 3.05) is 5.43 Å². The summed E-state index contributed by atoms with van der Waals surface area (Å²) in [6, 6.07) is 7.53. The summed E-state index contributed by atoms with van der Waals surface area (Å²) >= 11 is 0. The normalized spacial score (nSPS) is 10.9. The zero-order chi connectivity index (χ0) is 14.4. The molecule has 7 heteroatoms. The van der Waals surface area contributed by atoms with E-state index in [1.54, 1.807) is 6.21 Å². The molecule has 104 valence electrons. The Morgan fingerprint density at radius 2 is 2.20 bits per heavy atom. The second-order valence-corrected chi connectivity index (χ2v) is 4.25. The lowest BCUT2D eigenvalue weighted by Crippen LogP contribution is -2.13. The topological polar surface area (TPSA) is 92.3 Å². The number of ether oxygens (including phenoxy) is 1. The van der Waals surface area contributed by atoms with E-state index in [1.807, 2.05) is 38.1 Å². The number of H-pyrrole nitrogens is 1. The van der Waals surface area contributed by atoms with Gasteiger partial charge in [0.1, 0.15) is 5.75 Å². The Hall–Kier alpha value is -2.70. The van der Waals surface area contributed by atoms with Gasteiger partial charge in [-0.25, -0.2) is 9.89 Å². The number of para-hydroxylation sites is 1. The van der Waals surface area contributed by atoms with Crippen LogP contribution in [0.1, 0.15) is 19.4 Å². The summed E-state index contributed by atoms with van der Waals surface area (Å²) in [5.41, 5.74) is 2.93. The fourth-order valence-corrected chi connectivity index (χ4v) is 1.48.